The minimum Gasteiger partial charge on any atom is -0.451 e. The highest BCUT2D eigenvalue weighted by atomic mass is 16.6. The fourth-order valence-corrected chi connectivity index (χ4v) is 7.88. The molecule has 166 valence electrons. The molecule has 6 atom stereocenters. The molecule has 3 fully saturated rings. The molecule has 0 amide bonds. The van der Waals surface area contributed by atoms with E-state index in [1.807, 2.05) is 6.08 Å². The fraction of sp³-hybridized carbons (Fsp3) is 0.800. The fourth-order valence-electron chi connectivity index (χ4n) is 7.88. The second-order valence-corrected chi connectivity index (χ2v) is 10.6. The van der Waals surface area contributed by atoms with Gasteiger partial charge in [-0.25, -0.2) is 0 Å². The van der Waals surface area contributed by atoms with Crippen LogP contribution in [0, 0.1) is 28.6 Å². The largest absolute Gasteiger partial charge is 0.451 e. The van der Waals surface area contributed by atoms with Crippen molar-refractivity contribution in [2.24, 2.45) is 28.6 Å². The first-order chi connectivity index (χ1) is 14.2. The number of ketones is 2. The predicted molar refractivity (Wildman–Crippen MR) is 113 cm³/mol. The lowest BCUT2D eigenvalue weighted by molar-refractivity contribution is -0.188. The number of rotatable bonds is 5. The van der Waals surface area contributed by atoms with Gasteiger partial charge in [0.05, 0.1) is 6.61 Å². The zero-order valence-corrected chi connectivity index (χ0v) is 18.9. The molecule has 4 aliphatic carbocycles. The van der Waals surface area contributed by atoms with Crippen molar-refractivity contribution in [2.45, 2.75) is 84.2 Å². The summed E-state index contributed by atoms with van der Waals surface area (Å²) in [5.74, 6) is 1.38. The number of fused-ring (bicyclic) bond motifs is 5. The van der Waals surface area contributed by atoms with E-state index in [4.69, 9.17) is 9.47 Å². The molecule has 0 aromatic carbocycles. The molecule has 0 heterocycles. The highest BCUT2D eigenvalue weighted by molar-refractivity contribution is 5.92. The Morgan fingerprint density at radius 3 is 2.50 bits per heavy atom. The van der Waals surface area contributed by atoms with E-state index in [1.54, 1.807) is 7.11 Å². The average molecular weight is 417 g/mol. The number of carbonyl (C=O) groups excluding carboxylic acids is 3. The van der Waals surface area contributed by atoms with Gasteiger partial charge in [0.1, 0.15) is 0 Å². The third-order valence-corrected chi connectivity index (χ3v) is 9.38. The number of methoxy groups -OCH3 is 1. The Morgan fingerprint density at radius 2 is 1.80 bits per heavy atom. The summed E-state index contributed by atoms with van der Waals surface area (Å²) in [5.41, 5.74) is 0.105. The molecule has 0 N–H and O–H groups in total. The van der Waals surface area contributed by atoms with E-state index < -0.39 is 5.60 Å². The lowest BCUT2D eigenvalue weighted by atomic mass is 9.46. The zero-order chi connectivity index (χ0) is 21.7. The number of hydrogen-bond acceptors (Lipinski definition) is 5. The quantitative estimate of drug-likeness (QED) is 0.620. The van der Waals surface area contributed by atoms with Gasteiger partial charge in [0.25, 0.3) is 0 Å². The normalized spacial score (nSPS) is 42.6. The zero-order valence-electron chi connectivity index (χ0n) is 18.9. The molecule has 5 heteroatoms. The second kappa shape index (κ2) is 7.58. The molecular formula is C25H36O5. The van der Waals surface area contributed by atoms with Gasteiger partial charge in [-0.05, 0) is 74.2 Å². The van der Waals surface area contributed by atoms with Crippen LogP contribution >= 0.6 is 0 Å². The van der Waals surface area contributed by atoms with Crippen molar-refractivity contribution in [1.82, 2.24) is 0 Å². The molecule has 5 nitrogen and oxygen atoms in total. The maximum absolute atomic E-state index is 13.4. The summed E-state index contributed by atoms with van der Waals surface area (Å²) in [7, 11) is 1.60. The molecule has 3 saturated carbocycles. The monoisotopic (exact) mass is 416 g/mol. The van der Waals surface area contributed by atoms with Crippen molar-refractivity contribution >= 4 is 17.5 Å². The summed E-state index contributed by atoms with van der Waals surface area (Å²) in [4.78, 5) is 37.5. The minimum atomic E-state index is -1.02. The van der Waals surface area contributed by atoms with Crippen molar-refractivity contribution in [2.75, 3.05) is 13.7 Å². The Balaban J connectivity index is 1.67. The predicted octanol–water partition coefficient (Wildman–Crippen LogP) is 4.43. The SMILES string of the molecule is COCCC(=O)[C@@]1(OC(C)=O)CC[C@H]2[C@@H]3CCC4=CC(=O)CC[C@]4(C)[C@H]3CC[C@@]21C. The molecule has 4 rings (SSSR count). The van der Waals surface area contributed by atoms with Crippen molar-refractivity contribution in [3.8, 4) is 0 Å². The van der Waals surface area contributed by atoms with E-state index in [9.17, 15) is 14.4 Å². The van der Waals surface area contributed by atoms with Crippen LogP contribution in [0.3, 0.4) is 0 Å². The second-order valence-electron chi connectivity index (χ2n) is 10.6. The summed E-state index contributed by atoms with van der Waals surface area (Å²) < 4.78 is 11.1. The third-order valence-electron chi connectivity index (χ3n) is 9.38. The van der Waals surface area contributed by atoms with Gasteiger partial charge >= 0.3 is 5.97 Å². The molecule has 0 aromatic heterocycles. The highest BCUT2D eigenvalue weighted by Gasteiger charge is 2.68. The lowest BCUT2D eigenvalue weighted by Crippen LogP contribution is -2.59. The molecule has 0 saturated heterocycles. The van der Waals surface area contributed by atoms with Gasteiger partial charge in [-0.1, -0.05) is 19.4 Å². The van der Waals surface area contributed by atoms with Gasteiger partial charge in [-0.2, -0.15) is 0 Å². The Bertz CT molecular complexity index is 784. The van der Waals surface area contributed by atoms with E-state index in [-0.39, 0.29) is 34.8 Å². The summed E-state index contributed by atoms with van der Waals surface area (Å²) in [6, 6.07) is 0. The molecule has 4 aliphatic rings. The van der Waals surface area contributed by atoms with Gasteiger partial charge in [0, 0.05) is 32.3 Å². The molecule has 0 spiro atoms. The van der Waals surface area contributed by atoms with Crippen molar-refractivity contribution in [3.63, 3.8) is 0 Å². The molecule has 0 radical (unpaired) electrons. The number of Topliss-reactive ketones (excluding diaryl/α,β-unsaturated/α-hetero) is 1. The van der Waals surface area contributed by atoms with Crippen LogP contribution in [-0.2, 0) is 23.9 Å². The Labute approximate surface area is 179 Å². The number of allylic oxidation sites excluding steroid dienone is 1. The topological polar surface area (TPSA) is 69.7 Å². The van der Waals surface area contributed by atoms with Crippen LogP contribution in [0.1, 0.15) is 78.6 Å². The van der Waals surface area contributed by atoms with E-state index >= 15 is 0 Å². The van der Waals surface area contributed by atoms with E-state index in [0.29, 0.717) is 37.2 Å². The van der Waals surface area contributed by atoms with E-state index in [0.717, 1.165) is 38.5 Å². The van der Waals surface area contributed by atoms with Crippen LogP contribution in [-0.4, -0.2) is 36.9 Å². The van der Waals surface area contributed by atoms with Crippen molar-refractivity contribution in [1.29, 1.82) is 0 Å². The lowest BCUT2D eigenvalue weighted by Gasteiger charge is -2.59. The Kier molecular flexibility index (Phi) is 5.49. The molecule has 30 heavy (non-hydrogen) atoms. The van der Waals surface area contributed by atoms with Crippen LogP contribution in [0.25, 0.3) is 0 Å². The van der Waals surface area contributed by atoms with E-state index in [1.165, 1.54) is 12.5 Å². The molecule has 0 aliphatic heterocycles. The van der Waals surface area contributed by atoms with Crippen molar-refractivity contribution < 1.29 is 23.9 Å². The molecule has 0 unspecified atom stereocenters. The Morgan fingerprint density at radius 1 is 1.07 bits per heavy atom. The van der Waals surface area contributed by atoms with Crippen LogP contribution in [0.15, 0.2) is 11.6 Å². The smallest absolute Gasteiger partial charge is 0.303 e. The molecule has 0 bridgehead atoms. The van der Waals surface area contributed by atoms with Crippen LogP contribution < -0.4 is 0 Å². The number of ether oxygens (including phenoxy) is 2. The standard InChI is InChI=1S/C25H36O5/c1-16(26)30-25(22(28)10-14-29-4)13-9-21-19-6-5-17-15-18(27)7-11-23(17,2)20(19)8-12-24(21,25)3/h15,19-21H,5-14H2,1-4H3/t19-,20+,21+,23+,24+,25+/m1/s1. The summed E-state index contributed by atoms with van der Waals surface area (Å²) in [6.45, 7) is 6.34. The maximum atomic E-state index is 13.4. The van der Waals surface area contributed by atoms with Gasteiger partial charge in [-0.15, -0.1) is 0 Å². The average Bonchev–Trinajstić information content (AvgIpc) is 2.99. The first kappa shape index (κ1) is 21.7. The van der Waals surface area contributed by atoms with Crippen LogP contribution in [0.4, 0.5) is 0 Å². The first-order valence-corrected chi connectivity index (χ1v) is 11.6. The van der Waals surface area contributed by atoms with Crippen LogP contribution in [0.2, 0.25) is 0 Å². The third kappa shape index (κ3) is 3.03. The number of carbonyl (C=O) groups is 3. The minimum absolute atomic E-state index is 0.0221. The number of hydrogen-bond donors (Lipinski definition) is 0. The van der Waals surface area contributed by atoms with Gasteiger partial charge < -0.3 is 9.47 Å². The number of esters is 1. The maximum Gasteiger partial charge on any atom is 0.303 e. The van der Waals surface area contributed by atoms with Crippen LogP contribution in [0.5, 0.6) is 0 Å². The molecule has 0 aromatic rings. The Hall–Kier alpha value is -1.49. The van der Waals surface area contributed by atoms with Crippen molar-refractivity contribution in [3.05, 3.63) is 11.6 Å². The van der Waals surface area contributed by atoms with Gasteiger partial charge in [0.2, 0.25) is 0 Å². The first-order valence-electron chi connectivity index (χ1n) is 11.6. The van der Waals surface area contributed by atoms with E-state index in [2.05, 4.69) is 13.8 Å². The van der Waals surface area contributed by atoms with Gasteiger partial charge in [-0.3, -0.25) is 14.4 Å². The summed E-state index contributed by atoms with van der Waals surface area (Å²) in [5, 5.41) is 0. The molecular weight excluding hydrogens is 380 g/mol. The summed E-state index contributed by atoms with van der Waals surface area (Å²) >= 11 is 0. The highest BCUT2D eigenvalue weighted by Crippen LogP contribution is 2.68. The summed E-state index contributed by atoms with van der Waals surface area (Å²) in [6.07, 6.45) is 9.34. The van der Waals surface area contributed by atoms with Gasteiger partial charge in [0.15, 0.2) is 17.2 Å².